The van der Waals surface area contributed by atoms with Crippen LogP contribution in [0.15, 0.2) is 0 Å². The summed E-state index contributed by atoms with van der Waals surface area (Å²) in [5.41, 5.74) is 0.282. The Bertz CT molecular complexity index is 171. The van der Waals surface area contributed by atoms with Crippen LogP contribution in [0.25, 0.3) is 0 Å². The van der Waals surface area contributed by atoms with Gasteiger partial charge in [0.15, 0.2) is 0 Å². The van der Waals surface area contributed by atoms with Gasteiger partial charge in [-0.1, -0.05) is 54.7 Å². The van der Waals surface area contributed by atoms with Gasteiger partial charge in [-0.05, 0) is 25.2 Å². The lowest BCUT2D eigenvalue weighted by atomic mass is 9.83. The molecule has 2 heteroatoms. The topological polar surface area (TPSA) is 9.23 Å². The lowest BCUT2D eigenvalue weighted by molar-refractivity contribution is -0.0292. The van der Waals surface area contributed by atoms with Gasteiger partial charge >= 0.3 is 0 Å². The van der Waals surface area contributed by atoms with E-state index in [0.717, 1.165) is 12.5 Å². The molecule has 0 radical (unpaired) electrons. The first-order chi connectivity index (χ1) is 6.85. The molecule has 2 fully saturated rings. The van der Waals surface area contributed by atoms with Crippen molar-refractivity contribution in [3.63, 3.8) is 0 Å². The molecule has 82 valence electrons. The lowest BCUT2D eigenvalue weighted by Crippen LogP contribution is -2.32. The van der Waals surface area contributed by atoms with Gasteiger partial charge in [-0.3, -0.25) is 0 Å². The molecule has 2 aliphatic rings. The standard InChI is InChI=1S/C12H21IO/c13-10-12(7-1-2-8-12)14-9-6-11-4-3-5-11/h11H,1-10H2. The summed E-state index contributed by atoms with van der Waals surface area (Å²) in [6, 6.07) is 0. The van der Waals surface area contributed by atoms with Crippen molar-refractivity contribution < 1.29 is 4.74 Å². The number of ether oxygens (including phenoxy) is 1. The van der Waals surface area contributed by atoms with E-state index in [4.69, 9.17) is 4.74 Å². The molecule has 2 rings (SSSR count). The number of hydrogen-bond donors (Lipinski definition) is 0. The smallest absolute Gasteiger partial charge is 0.0771 e. The van der Waals surface area contributed by atoms with Crippen molar-refractivity contribution in [1.82, 2.24) is 0 Å². The Morgan fingerprint density at radius 1 is 1.14 bits per heavy atom. The predicted octanol–water partition coefficient (Wildman–Crippen LogP) is 3.94. The van der Waals surface area contributed by atoms with Crippen molar-refractivity contribution in [2.45, 2.75) is 57.0 Å². The van der Waals surface area contributed by atoms with Crippen LogP contribution < -0.4 is 0 Å². The summed E-state index contributed by atoms with van der Waals surface area (Å²) in [7, 11) is 0. The third-order valence-corrected chi connectivity index (χ3v) is 5.31. The average Bonchev–Trinajstić information content (AvgIpc) is 2.59. The third kappa shape index (κ3) is 2.63. The molecule has 0 saturated heterocycles. The maximum absolute atomic E-state index is 6.14. The van der Waals surface area contributed by atoms with Crippen molar-refractivity contribution in [3.8, 4) is 0 Å². The van der Waals surface area contributed by atoms with Crippen LogP contribution in [-0.2, 0) is 4.74 Å². The number of hydrogen-bond acceptors (Lipinski definition) is 1. The first kappa shape index (κ1) is 11.2. The Hall–Kier alpha value is 0.690. The van der Waals surface area contributed by atoms with Crippen molar-refractivity contribution in [1.29, 1.82) is 0 Å². The van der Waals surface area contributed by atoms with Gasteiger partial charge in [0.1, 0.15) is 0 Å². The second kappa shape index (κ2) is 5.15. The summed E-state index contributed by atoms with van der Waals surface area (Å²) >= 11 is 2.50. The minimum absolute atomic E-state index is 0.282. The molecule has 0 amide bonds. The van der Waals surface area contributed by atoms with Crippen LogP contribution in [0.5, 0.6) is 0 Å². The summed E-state index contributed by atoms with van der Waals surface area (Å²) in [4.78, 5) is 0. The molecule has 0 bridgehead atoms. The largest absolute Gasteiger partial charge is 0.374 e. The maximum atomic E-state index is 6.14. The fraction of sp³-hybridized carbons (Fsp3) is 1.00. The summed E-state index contributed by atoms with van der Waals surface area (Å²) < 4.78 is 7.33. The highest BCUT2D eigenvalue weighted by Gasteiger charge is 2.33. The predicted molar refractivity (Wildman–Crippen MR) is 68.0 cm³/mol. The van der Waals surface area contributed by atoms with Crippen LogP contribution in [0.1, 0.15) is 51.4 Å². The fourth-order valence-corrected chi connectivity index (χ4v) is 3.54. The van der Waals surface area contributed by atoms with E-state index in [0.29, 0.717) is 0 Å². The number of halogens is 1. The van der Waals surface area contributed by atoms with E-state index in [2.05, 4.69) is 22.6 Å². The van der Waals surface area contributed by atoms with Gasteiger partial charge in [-0.15, -0.1) is 0 Å². The van der Waals surface area contributed by atoms with Crippen LogP contribution in [0, 0.1) is 5.92 Å². The van der Waals surface area contributed by atoms with Gasteiger partial charge in [-0.2, -0.15) is 0 Å². The van der Waals surface area contributed by atoms with Crippen molar-refractivity contribution in [2.24, 2.45) is 5.92 Å². The minimum atomic E-state index is 0.282. The zero-order chi connectivity index (χ0) is 9.86. The van der Waals surface area contributed by atoms with Crippen molar-refractivity contribution >= 4 is 22.6 Å². The van der Waals surface area contributed by atoms with Gasteiger partial charge in [0, 0.05) is 11.0 Å². The van der Waals surface area contributed by atoms with Gasteiger partial charge in [-0.25, -0.2) is 0 Å². The van der Waals surface area contributed by atoms with E-state index in [1.807, 2.05) is 0 Å². The van der Waals surface area contributed by atoms with E-state index in [9.17, 15) is 0 Å². The van der Waals surface area contributed by atoms with Gasteiger partial charge in [0.05, 0.1) is 5.60 Å². The van der Waals surface area contributed by atoms with Crippen LogP contribution in [-0.4, -0.2) is 16.6 Å². The first-order valence-electron chi connectivity index (χ1n) is 6.05. The molecule has 0 aromatic heterocycles. The van der Waals surface area contributed by atoms with Gasteiger partial charge in [0.2, 0.25) is 0 Å². The van der Waals surface area contributed by atoms with E-state index in [1.54, 1.807) is 0 Å². The summed E-state index contributed by atoms with van der Waals surface area (Å²) in [5.74, 6) is 1.00. The molecule has 0 heterocycles. The Kier molecular flexibility index (Phi) is 4.11. The Balaban J connectivity index is 1.66. The Morgan fingerprint density at radius 3 is 2.36 bits per heavy atom. The lowest BCUT2D eigenvalue weighted by Gasteiger charge is -2.30. The fourth-order valence-electron chi connectivity index (χ4n) is 2.56. The summed E-state index contributed by atoms with van der Waals surface area (Å²) in [6.07, 6.45) is 11.1. The minimum Gasteiger partial charge on any atom is -0.374 e. The summed E-state index contributed by atoms with van der Waals surface area (Å²) in [6.45, 7) is 1.02. The van der Waals surface area contributed by atoms with Crippen molar-refractivity contribution in [2.75, 3.05) is 11.0 Å². The van der Waals surface area contributed by atoms with Gasteiger partial charge < -0.3 is 4.74 Å². The Morgan fingerprint density at radius 2 is 1.86 bits per heavy atom. The highest BCUT2D eigenvalue weighted by molar-refractivity contribution is 14.1. The molecule has 0 spiro atoms. The van der Waals surface area contributed by atoms with Crippen molar-refractivity contribution in [3.05, 3.63) is 0 Å². The van der Waals surface area contributed by atoms with Gasteiger partial charge in [0.25, 0.3) is 0 Å². The molecule has 14 heavy (non-hydrogen) atoms. The third-order valence-electron chi connectivity index (χ3n) is 3.92. The Labute approximate surface area is 101 Å². The molecule has 0 aliphatic heterocycles. The molecular weight excluding hydrogens is 287 g/mol. The normalized spacial score (nSPS) is 26.4. The average molecular weight is 308 g/mol. The SMILES string of the molecule is ICC1(OCCC2CCC2)CCCC1. The second-order valence-electron chi connectivity index (χ2n) is 4.96. The monoisotopic (exact) mass is 308 g/mol. The molecule has 0 atom stereocenters. The molecule has 0 aromatic carbocycles. The molecule has 2 aliphatic carbocycles. The molecule has 0 aromatic rings. The molecule has 1 nitrogen and oxygen atoms in total. The molecule has 0 N–H and O–H groups in total. The zero-order valence-corrected chi connectivity index (χ0v) is 11.1. The van der Waals surface area contributed by atoms with Crippen LogP contribution >= 0.6 is 22.6 Å². The van der Waals surface area contributed by atoms with E-state index >= 15 is 0 Å². The maximum Gasteiger partial charge on any atom is 0.0771 e. The van der Waals surface area contributed by atoms with Crippen LogP contribution in [0.3, 0.4) is 0 Å². The molecule has 0 unspecified atom stereocenters. The molecule has 2 saturated carbocycles. The van der Waals surface area contributed by atoms with Crippen LogP contribution in [0.4, 0.5) is 0 Å². The summed E-state index contributed by atoms with van der Waals surface area (Å²) in [5, 5.41) is 0. The van der Waals surface area contributed by atoms with E-state index < -0.39 is 0 Å². The first-order valence-corrected chi connectivity index (χ1v) is 7.57. The van der Waals surface area contributed by atoms with E-state index in [-0.39, 0.29) is 5.60 Å². The quantitative estimate of drug-likeness (QED) is 0.552. The number of rotatable bonds is 5. The van der Waals surface area contributed by atoms with Crippen LogP contribution in [0.2, 0.25) is 0 Å². The number of alkyl halides is 1. The molecular formula is C12H21IO. The highest BCUT2D eigenvalue weighted by Crippen LogP contribution is 2.36. The zero-order valence-electron chi connectivity index (χ0n) is 8.93. The highest BCUT2D eigenvalue weighted by atomic mass is 127. The second-order valence-corrected chi connectivity index (χ2v) is 5.72. The van der Waals surface area contributed by atoms with E-state index in [1.165, 1.54) is 55.8 Å².